The van der Waals surface area contributed by atoms with Crippen molar-refractivity contribution >= 4 is 17.5 Å². The number of halogens is 1. The second kappa shape index (κ2) is 11.3. The van der Waals surface area contributed by atoms with Gasteiger partial charge in [0.1, 0.15) is 18.1 Å². The number of fused-ring (bicyclic) bond motifs is 1. The zero-order valence-corrected chi connectivity index (χ0v) is 20.4. The highest BCUT2D eigenvalue weighted by Crippen LogP contribution is 2.38. The molecule has 0 atom stereocenters. The van der Waals surface area contributed by atoms with Gasteiger partial charge in [-0.1, -0.05) is 36.2 Å². The smallest absolute Gasteiger partial charge is 0.260 e. The van der Waals surface area contributed by atoms with Crippen LogP contribution >= 0.6 is 11.6 Å². The summed E-state index contributed by atoms with van der Waals surface area (Å²) in [5, 5.41) is 0.660. The van der Waals surface area contributed by atoms with Crippen LogP contribution < -0.4 is 9.47 Å². The van der Waals surface area contributed by atoms with Gasteiger partial charge in [0, 0.05) is 31.2 Å². The highest BCUT2D eigenvalue weighted by molar-refractivity contribution is 6.30. The molecule has 1 amide bonds. The van der Waals surface area contributed by atoms with Crippen molar-refractivity contribution in [3.63, 3.8) is 0 Å². The molecule has 0 unspecified atom stereocenters. The van der Waals surface area contributed by atoms with Gasteiger partial charge in [-0.2, -0.15) is 0 Å². The van der Waals surface area contributed by atoms with Gasteiger partial charge in [-0.25, -0.2) is 0 Å². The number of para-hydroxylation sites is 1. The lowest BCUT2D eigenvalue weighted by atomic mass is 9.73. The Balaban J connectivity index is 1.31. The molecule has 0 N–H and O–H groups in total. The zero-order valence-electron chi connectivity index (χ0n) is 19.6. The minimum absolute atomic E-state index is 0.0614. The van der Waals surface area contributed by atoms with Crippen LogP contribution in [0.1, 0.15) is 37.7 Å². The van der Waals surface area contributed by atoms with E-state index in [2.05, 4.69) is 36.2 Å². The summed E-state index contributed by atoms with van der Waals surface area (Å²) in [5.74, 6) is 1.77. The number of likely N-dealkylation sites (tertiary alicyclic amines) is 1. The van der Waals surface area contributed by atoms with Gasteiger partial charge in [-0.3, -0.25) is 4.79 Å². The molecule has 2 aromatic carbocycles. The van der Waals surface area contributed by atoms with Crippen molar-refractivity contribution in [2.45, 2.75) is 38.5 Å². The van der Waals surface area contributed by atoms with Gasteiger partial charge in [-0.15, -0.1) is 0 Å². The highest BCUT2D eigenvalue weighted by Gasteiger charge is 2.36. The van der Waals surface area contributed by atoms with Crippen LogP contribution in [0.2, 0.25) is 5.02 Å². The molecule has 5 nitrogen and oxygen atoms in total. The van der Waals surface area contributed by atoms with Crippen molar-refractivity contribution in [2.24, 2.45) is 5.41 Å². The monoisotopic (exact) mass is 470 g/mol. The van der Waals surface area contributed by atoms with Crippen molar-refractivity contribution in [3.05, 3.63) is 59.1 Å². The molecule has 0 saturated carbocycles. The SMILES string of the molecule is CN1CCOc2ccccc2CCCCC2(CCN(C(=O)COc3ccc(Cl)cc3)CC2)C1. The van der Waals surface area contributed by atoms with E-state index in [9.17, 15) is 4.79 Å². The molecule has 1 fully saturated rings. The molecule has 1 saturated heterocycles. The molecule has 0 aromatic heterocycles. The summed E-state index contributed by atoms with van der Waals surface area (Å²) in [6, 6.07) is 15.6. The number of hydrogen-bond acceptors (Lipinski definition) is 4. The second-order valence-corrected chi connectivity index (χ2v) is 9.96. The number of amides is 1. The molecule has 0 radical (unpaired) electrons. The summed E-state index contributed by atoms with van der Waals surface area (Å²) in [6.45, 7) is 4.35. The Morgan fingerprint density at radius 2 is 1.79 bits per heavy atom. The maximum absolute atomic E-state index is 12.7. The van der Waals surface area contributed by atoms with E-state index in [-0.39, 0.29) is 17.9 Å². The van der Waals surface area contributed by atoms with Gasteiger partial charge in [0.25, 0.3) is 5.91 Å². The molecule has 2 aromatic rings. The first-order chi connectivity index (χ1) is 16.0. The molecular weight excluding hydrogens is 436 g/mol. The van der Waals surface area contributed by atoms with E-state index in [1.807, 2.05) is 4.90 Å². The summed E-state index contributed by atoms with van der Waals surface area (Å²) in [7, 11) is 2.19. The summed E-state index contributed by atoms with van der Waals surface area (Å²) >= 11 is 5.92. The molecule has 178 valence electrons. The van der Waals surface area contributed by atoms with Crippen molar-refractivity contribution < 1.29 is 14.3 Å². The maximum atomic E-state index is 12.7. The Hall–Kier alpha value is -2.24. The van der Waals surface area contributed by atoms with Gasteiger partial charge in [-0.05, 0) is 80.5 Å². The minimum Gasteiger partial charge on any atom is -0.492 e. The molecule has 4 rings (SSSR count). The summed E-state index contributed by atoms with van der Waals surface area (Å²) in [6.07, 6.45) is 6.74. The fraction of sp³-hybridized carbons (Fsp3) is 0.519. The maximum Gasteiger partial charge on any atom is 0.260 e. The average molecular weight is 471 g/mol. The fourth-order valence-electron chi connectivity index (χ4n) is 5.11. The lowest BCUT2D eigenvalue weighted by molar-refractivity contribution is -0.136. The predicted molar refractivity (Wildman–Crippen MR) is 132 cm³/mol. The number of carbonyl (C=O) groups is 1. The van der Waals surface area contributed by atoms with Crippen LogP contribution in [-0.4, -0.2) is 62.1 Å². The Bertz CT molecular complexity index is 910. The predicted octanol–water partition coefficient (Wildman–Crippen LogP) is 5.06. The molecular formula is C27H35ClN2O3. The fourth-order valence-corrected chi connectivity index (χ4v) is 5.24. The van der Waals surface area contributed by atoms with E-state index in [0.29, 0.717) is 17.4 Å². The first kappa shape index (κ1) is 23.9. The first-order valence-corrected chi connectivity index (χ1v) is 12.5. The van der Waals surface area contributed by atoms with Crippen molar-refractivity contribution in [3.8, 4) is 11.5 Å². The van der Waals surface area contributed by atoms with Crippen LogP contribution in [0.15, 0.2) is 48.5 Å². The van der Waals surface area contributed by atoms with Crippen molar-refractivity contribution in [2.75, 3.05) is 46.4 Å². The van der Waals surface area contributed by atoms with Crippen molar-refractivity contribution in [1.29, 1.82) is 0 Å². The summed E-state index contributed by atoms with van der Waals surface area (Å²) < 4.78 is 11.8. The summed E-state index contributed by atoms with van der Waals surface area (Å²) in [5.41, 5.74) is 1.58. The van der Waals surface area contributed by atoms with Gasteiger partial charge in [0.05, 0.1) is 0 Å². The van der Waals surface area contributed by atoms with Crippen LogP contribution in [0.3, 0.4) is 0 Å². The third kappa shape index (κ3) is 6.64. The van der Waals surface area contributed by atoms with E-state index < -0.39 is 0 Å². The Labute approximate surface area is 202 Å². The minimum atomic E-state index is 0.0614. The lowest BCUT2D eigenvalue weighted by Crippen LogP contribution is -2.48. The number of rotatable bonds is 3. The number of likely N-dealkylation sites (N-methyl/N-ethyl adjacent to an activating group) is 1. The van der Waals surface area contributed by atoms with Gasteiger partial charge in [0.2, 0.25) is 0 Å². The number of carbonyl (C=O) groups excluding carboxylic acids is 1. The quantitative estimate of drug-likeness (QED) is 0.628. The number of aryl methyl sites for hydroxylation is 1. The Kier molecular flexibility index (Phi) is 8.15. The molecule has 33 heavy (non-hydrogen) atoms. The molecule has 2 aliphatic rings. The van der Waals surface area contributed by atoms with E-state index in [1.165, 1.54) is 24.8 Å². The van der Waals surface area contributed by atoms with Crippen molar-refractivity contribution in [1.82, 2.24) is 9.80 Å². The van der Waals surface area contributed by atoms with Crippen LogP contribution in [0.25, 0.3) is 0 Å². The standard InChI is InChI=1S/C27H35ClN2O3/c1-29-18-19-32-25-8-3-2-6-22(25)7-4-5-13-27(21-29)14-16-30(17-15-27)26(31)20-33-24-11-9-23(28)10-12-24/h2-3,6,8-12H,4-5,7,13-21H2,1H3. The molecule has 0 bridgehead atoms. The zero-order chi connectivity index (χ0) is 23.1. The van der Waals surface area contributed by atoms with E-state index in [1.54, 1.807) is 24.3 Å². The first-order valence-electron chi connectivity index (χ1n) is 12.1. The number of nitrogens with zero attached hydrogens (tertiary/aromatic N) is 2. The average Bonchev–Trinajstić information content (AvgIpc) is 2.82. The van der Waals surface area contributed by atoms with Gasteiger partial charge >= 0.3 is 0 Å². The molecule has 1 spiro atoms. The second-order valence-electron chi connectivity index (χ2n) is 9.52. The molecule has 6 heteroatoms. The topological polar surface area (TPSA) is 42.0 Å². The Morgan fingerprint density at radius 1 is 1.03 bits per heavy atom. The van der Waals surface area contributed by atoms with E-state index in [0.717, 1.165) is 51.2 Å². The lowest BCUT2D eigenvalue weighted by Gasteiger charge is -2.44. The molecule has 2 heterocycles. The molecule has 2 aliphatic heterocycles. The Morgan fingerprint density at radius 3 is 2.58 bits per heavy atom. The van der Waals surface area contributed by atoms with Crippen LogP contribution in [-0.2, 0) is 11.2 Å². The summed E-state index contributed by atoms with van der Waals surface area (Å²) in [4.78, 5) is 17.1. The largest absolute Gasteiger partial charge is 0.492 e. The number of hydrogen-bond donors (Lipinski definition) is 0. The number of benzene rings is 2. The third-order valence-corrected chi connectivity index (χ3v) is 7.32. The van der Waals surface area contributed by atoms with Crippen LogP contribution in [0.5, 0.6) is 11.5 Å². The number of piperidine rings is 1. The normalized spacial score (nSPS) is 19.6. The van der Waals surface area contributed by atoms with E-state index in [4.69, 9.17) is 21.1 Å². The van der Waals surface area contributed by atoms with Crippen LogP contribution in [0.4, 0.5) is 0 Å². The molecule has 0 aliphatic carbocycles. The van der Waals surface area contributed by atoms with Gasteiger partial charge < -0.3 is 19.3 Å². The van der Waals surface area contributed by atoms with Gasteiger partial charge in [0.15, 0.2) is 6.61 Å². The van der Waals surface area contributed by atoms with E-state index >= 15 is 0 Å². The number of ether oxygens (including phenoxy) is 2. The third-order valence-electron chi connectivity index (χ3n) is 7.06. The van der Waals surface area contributed by atoms with Crippen LogP contribution in [0, 0.1) is 5.41 Å². The highest BCUT2D eigenvalue weighted by atomic mass is 35.5.